The second kappa shape index (κ2) is 11.0. The predicted octanol–water partition coefficient (Wildman–Crippen LogP) is 8.68. The van der Waals surface area contributed by atoms with Crippen molar-refractivity contribution < 1.29 is 0 Å². The van der Waals surface area contributed by atoms with Crippen molar-refractivity contribution in [1.29, 1.82) is 0 Å². The van der Waals surface area contributed by atoms with Crippen LogP contribution in [-0.4, -0.2) is 65.0 Å². The van der Waals surface area contributed by atoms with Gasteiger partial charge in [0.2, 0.25) is 0 Å². The van der Waals surface area contributed by atoms with Crippen LogP contribution in [0.1, 0.15) is 74.7 Å². The minimum atomic E-state index is 0.394. The Morgan fingerprint density at radius 3 is 1.71 bits per heavy atom. The van der Waals surface area contributed by atoms with Crippen molar-refractivity contribution in [2.45, 2.75) is 105 Å². The SMILES string of the molecule is CC(C)(CC1CSCC(C(C)(C)CC(C)(C)SCC2CS2)S1)CC(C)(C)SCC1CS1. The van der Waals surface area contributed by atoms with Gasteiger partial charge < -0.3 is 0 Å². The van der Waals surface area contributed by atoms with Crippen molar-refractivity contribution in [3.05, 3.63) is 0 Å². The molecule has 0 N–H and O–H groups in total. The van der Waals surface area contributed by atoms with Crippen LogP contribution in [0, 0.1) is 10.8 Å². The summed E-state index contributed by atoms with van der Waals surface area (Å²) in [5, 5.41) is 3.50. The fourth-order valence-corrected chi connectivity index (χ4v) is 13.6. The first-order valence-corrected chi connectivity index (χ1v) is 18.2. The molecule has 0 amide bonds. The van der Waals surface area contributed by atoms with Gasteiger partial charge in [-0.1, -0.05) is 55.4 Å². The van der Waals surface area contributed by atoms with Gasteiger partial charge in [0.25, 0.3) is 0 Å². The zero-order valence-electron chi connectivity index (χ0n) is 21.1. The second-order valence-corrected chi connectivity index (χ2v) is 21.3. The molecule has 3 fully saturated rings. The maximum atomic E-state index is 2.56. The van der Waals surface area contributed by atoms with Gasteiger partial charge in [0, 0.05) is 65.0 Å². The minimum Gasteiger partial charge on any atom is -0.160 e. The maximum Gasteiger partial charge on any atom is 0.0229 e. The van der Waals surface area contributed by atoms with E-state index in [-0.39, 0.29) is 0 Å². The Balaban J connectivity index is 1.49. The van der Waals surface area contributed by atoms with E-state index in [1.807, 2.05) is 0 Å². The van der Waals surface area contributed by atoms with Gasteiger partial charge in [0.1, 0.15) is 0 Å². The molecular formula is C25H46S6. The first-order valence-electron chi connectivity index (χ1n) is 12.0. The molecule has 0 saturated carbocycles. The molecule has 0 spiro atoms. The number of hydrogen-bond acceptors (Lipinski definition) is 6. The summed E-state index contributed by atoms with van der Waals surface area (Å²) in [7, 11) is 0. The average molecular weight is 539 g/mol. The Morgan fingerprint density at radius 1 is 0.677 bits per heavy atom. The maximum absolute atomic E-state index is 2.56. The van der Waals surface area contributed by atoms with Crippen molar-refractivity contribution in [3.63, 3.8) is 0 Å². The molecule has 3 aliphatic heterocycles. The summed E-state index contributed by atoms with van der Waals surface area (Å²) in [6.45, 7) is 20.2. The average Bonchev–Trinajstić information content (AvgIpc) is 3.51. The van der Waals surface area contributed by atoms with E-state index < -0.39 is 0 Å². The third-order valence-electron chi connectivity index (χ3n) is 6.49. The molecule has 3 saturated heterocycles. The molecule has 3 heterocycles. The molecule has 3 rings (SSSR count). The summed E-state index contributed by atoms with van der Waals surface area (Å²) in [6.07, 6.45) is 4.04. The molecule has 4 atom stereocenters. The predicted molar refractivity (Wildman–Crippen MR) is 159 cm³/mol. The molecule has 4 unspecified atom stereocenters. The van der Waals surface area contributed by atoms with E-state index in [4.69, 9.17) is 0 Å². The van der Waals surface area contributed by atoms with Gasteiger partial charge in [-0.05, 0) is 30.1 Å². The Hall–Kier alpha value is 2.10. The van der Waals surface area contributed by atoms with Gasteiger partial charge in [-0.2, -0.15) is 70.6 Å². The lowest BCUT2D eigenvalue weighted by Crippen LogP contribution is -2.40. The molecule has 0 radical (unpaired) electrons. The van der Waals surface area contributed by atoms with E-state index in [0.29, 0.717) is 20.3 Å². The van der Waals surface area contributed by atoms with Gasteiger partial charge in [0.05, 0.1) is 0 Å². The van der Waals surface area contributed by atoms with Crippen LogP contribution in [0.2, 0.25) is 0 Å². The highest BCUT2D eigenvalue weighted by molar-refractivity contribution is 8.09. The minimum absolute atomic E-state index is 0.394. The fourth-order valence-electron chi connectivity index (χ4n) is 5.25. The van der Waals surface area contributed by atoms with Crippen LogP contribution in [0.15, 0.2) is 0 Å². The van der Waals surface area contributed by atoms with Crippen molar-refractivity contribution in [1.82, 2.24) is 0 Å². The Labute approximate surface area is 219 Å². The third-order valence-corrected chi connectivity index (χ3v) is 15.3. The summed E-state index contributed by atoms with van der Waals surface area (Å²) in [4.78, 5) is 0. The second-order valence-electron chi connectivity index (χ2n) is 12.5. The Bertz CT molecular complexity index is 577. The topological polar surface area (TPSA) is 0 Å². The fraction of sp³-hybridized carbons (Fsp3) is 1.00. The third kappa shape index (κ3) is 10.3. The highest BCUT2D eigenvalue weighted by Crippen LogP contribution is 2.51. The molecule has 6 heteroatoms. The molecule has 0 aromatic heterocycles. The highest BCUT2D eigenvalue weighted by atomic mass is 32.2. The Kier molecular flexibility index (Phi) is 9.83. The van der Waals surface area contributed by atoms with Gasteiger partial charge in [-0.3, -0.25) is 0 Å². The van der Waals surface area contributed by atoms with Crippen LogP contribution in [-0.2, 0) is 0 Å². The van der Waals surface area contributed by atoms with Crippen molar-refractivity contribution in [3.8, 4) is 0 Å². The van der Waals surface area contributed by atoms with E-state index >= 15 is 0 Å². The van der Waals surface area contributed by atoms with Crippen LogP contribution in [0.4, 0.5) is 0 Å². The van der Waals surface area contributed by atoms with Crippen molar-refractivity contribution in [2.24, 2.45) is 10.8 Å². The van der Waals surface area contributed by atoms with E-state index in [0.717, 1.165) is 21.0 Å². The van der Waals surface area contributed by atoms with Crippen molar-refractivity contribution in [2.75, 3.05) is 34.5 Å². The van der Waals surface area contributed by atoms with E-state index in [1.54, 1.807) is 0 Å². The zero-order chi connectivity index (χ0) is 22.9. The highest BCUT2D eigenvalue weighted by Gasteiger charge is 2.41. The largest absolute Gasteiger partial charge is 0.160 e. The number of hydrogen-bond donors (Lipinski definition) is 0. The number of rotatable bonds is 13. The molecule has 3 aliphatic rings. The van der Waals surface area contributed by atoms with Crippen LogP contribution in [0.3, 0.4) is 0 Å². The molecule has 0 aliphatic carbocycles. The number of thioether (sulfide) groups is 6. The summed E-state index contributed by atoms with van der Waals surface area (Å²) < 4.78 is 0.796. The van der Waals surface area contributed by atoms with Crippen molar-refractivity contribution >= 4 is 70.6 Å². The van der Waals surface area contributed by atoms with Gasteiger partial charge in [-0.15, -0.1) is 0 Å². The molecule has 31 heavy (non-hydrogen) atoms. The summed E-state index contributed by atoms with van der Waals surface area (Å²) >= 11 is 13.3. The molecular weight excluding hydrogens is 493 g/mol. The molecule has 0 nitrogen and oxygen atoms in total. The zero-order valence-corrected chi connectivity index (χ0v) is 26.0. The first-order chi connectivity index (χ1) is 14.3. The van der Waals surface area contributed by atoms with Gasteiger partial charge >= 0.3 is 0 Å². The summed E-state index contributed by atoms with van der Waals surface area (Å²) in [5.41, 5.74) is 0.833. The molecule has 0 aromatic rings. The Morgan fingerprint density at radius 2 is 1.19 bits per heavy atom. The lowest BCUT2D eigenvalue weighted by Gasteiger charge is -2.45. The van der Waals surface area contributed by atoms with Gasteiger partial charge in [0.15, 0.2) is 0 Å². The quantitative estimate of drug-likeness (QED) is 0.214. The van der Waals surface area contributed by atoms with Crippen LogP contribution < -0.4 is 0 Å². The van der Waals surface area contributed by atoms with Crippen LogP contribution in [0.5, 0.6) is 0 Å². The molecule has 0 aromatic carbocycles. The smallest absolute Gasteiger partial charge is 0.0229 e. The van der Waals surface area contributed by atoms with E-state index in [9.17, 15) is 0 Å². The van der Waals surface area contributed by atoms with Gasteiger partial charge in [-0.25, -0.2) is 0 Å². The molecule has 0 bridgehead atoms. The lowest BCUT2D eigenvalue weighted by atomic mass is 9.79. The first kappa shape index (κ1) is 27.7. The summed E-state index contributed by atoms with van der Waals surface area (Å²) in [5.74, 6) is 8.19. The van der Waals surface area contributed by atoms with E-state index in [1.165, 1.54) is 53.8 Å². The van der Waals surface area contributed by atoms with Crippen LogP contribution in [0.25, 0.3) is 0 Å². The summed E-state index contributed by atoms with van der Waals surface area (Å²) in [6, 6.07) is 0. The molecule has 182 valence electrons. The van der Waals surface area contributed by atoms with Crippen LogP contribution >= 0.6 is 70.6 Å². The van der Waals surface area contributed by atoms with E-state index in [2.05, 4.69) is 126 Å². The normalized spacial score (nSPS) is 29.8. The standard InChI is InChI=1S/C25H46S6/c1-22(2,16-24(5,6)29-13-19-11-27-19)9-18-10-26-15-21(31-18)23(3,4)17-25(7,8)30-14-20-12-28-20/h18-21H,9-17H2,1-8H3. The monoisotopic (exact) mass is 538 g/mol. The lowest BCUT2D eigenvalue weighted by molar-refractivity contribution is 0.277.